The summed E-state index contributed by atoms with van der Waals surface area (Å²) >= 11 is 0. The number of nitrogens with one attached hydrogen (secondary N) is 1. The van der Waals surface area contributed by atoms with E-state index in [2.05, 4.69) is 9.82 Å². The Hall–Kier alpha value is -1.77. The standard InChI is InChI=1S/C15H19FN4O2S/c16-13-5-1-2-7-15(13)20-10-12(9-18-20)23(21,22)19-14-6-3-4-11(14)8-17/h1-2,5,7,9-11,14,19H,3-4,6,8,17H2/t11-,14-/m1/s1. The van der Waals surface area contributed by atoms with E-state index in [1.165, 1.54) is 29.2 Å². The Bertz CT molecular complexity index is 790. The van der Waals surface area contributed by atoms with Crippen LogP contribution < -0.4 is 10.5 Å². The number of benzene rings is 1. The average Bonchev–Trinajstić information content (AvgIpc) is 3.16. The van der Waals surface area contributed by atoms with E-state index < -0.39 is 15.8 Å². The molecule has 1 aromatic carbocycles. The molecule has 124 valence electrons. The molecule has 1 aliphatic carbocycles. The summed E-state index contributed by atoms with van der Waals surface area (Å²) in [6.45, 7) is 0.460. The lowest BCUT2D eigenvalue weighted by atomic mass is 10.1. The van der Waals surface area contributed by atoms with Gasteiger partial charge in [-0.15, -0.1) is 0 Å². The first-order valence-corrected chi connectivity index (χ1v) is 9.01. The molecule has 8 heteroatoms. The maximum atomic E-state index is 13.8. The van der Waals surface area contributed by atoms with Crippen LogP contribution in [0.4, 0.5) is 4.39 Å². The minimum atomic E-state index is -3.70. The van der Waals surface area contributed by atoms with Gasteiger partial charge in [0.25, 0.3) is 0 Å². The first kappa shape index (κ1) is 16.1. The zero-order chi connectivity index (χ0) is 16.4. The van der Waals surface area contributed by atoms with Crippen LogP contribution in [0.15, 0.2) is 41.6 Å². The number of para-hydroxylation sites is 1. The summed E-state index contributed by atoms with van der Waals surface area (Å²) in [5, 5.41) is 3.96. The van der Waals surface area contributed by atoms with E-state index >= 15 is 0 Å². The second kappa shape index (κ2) is 6.38. The Morgan fingerprint density at radius 3 is 2.87 bits per heavy atom. The van der Waals surface area contributed by atoms with E-state index in [0.717, 1.165) is 19.3 Å². The zero-order valence-corrected chi connectivity index (χ0v) is 13.3. The summed E-state index contributed by atoms with van der Waals surface area (Å²) in [5.41, 5.74) is 5.89. The summed E-state index contributed by atoms with van der Waals surface area (Å²) in [4.78, 5) is 0.0171. The molecule has 0 aliphatic heterocycles. The lowest BCUT2D eigenvalue weighted by Crippen LogP contribution is -2.39. The van der Waals surface area contributed by atoms with Crippen LogP contribution in [-0.2, 0) is 10.0 Å². The average molecular weight is 338 g/mol. The largest absolute Gasteiger partial charge is 0.330 e. The van der Waals surface area contributed by atoms with Crippen molar-refractivity contribution >= 4 is 10.0 Å². The second-order valence-electron chi connectivity index (χ2n) is 5.73. The van der Waals surface area contributed by atoms with Gasteiger partial charge in [-0.3, -0.25) is 0 Å². The molecule has 0 saturated heterocycles. The van der Waals surface area contributed by atoms with E-state index in [-0.39, 0.29) is 22.5 Å². The van der Waals surface area contributed by atoms with Gasteiger partial charge in [0.05, 0.1) is 12.4 Å². The van der Waals surface area contributed by atoms with Gasteiger partial charge in [0.15, 0.2) is 0 Å². The second-order valence-corrected chi connectivity index (χ2v) is 7.44. The van der Waals surface area contributed by atoms with Crippen molar-refractivity contribution in [1.82, 2.24) is 14.5 Å². The van der Waals surface area contributed by atoms with Gasteiger partial charge in [0.1, 0.15) is 16.4 Å². The van der Waals surface area contributed by atoms with Crippen molar-refractivity contribution in [2.24, 2.45) is 11.7 Å². The third kappa shape index (κ3) is 3.29. The third-order valence-corrected chi connectivity index (χ3v) is 5.68. The van der Waals surface area contributed by atoms with Gasteiger partial charge >= 0.3 is 0 Å². The van der Waals surface area contributed by atoms with Crippen LogP contribution in [0.3, 0.4) is 0 Å². The van der Waals surface area contributed by atoms with E-state index in [0.29, 0.717) is 6.54 Å². The highest BCUT2D eigenvalue weighted by atomic mass is 32.2. The summed E-state index contributed by atoms with van der Waals surface area (Å²) in [7, 11) is -3.70. The fourth-order valence-corrected chi connectivity index (χ4v) is 4.23. The number of hydrogen-bond acceptors (Lipinski definition) is 4. The third-order valence-electron chi connectivity index (χ3n) is 4.24. The smallest absolute Gasteiger partial charge is 0.243 e. The van der Waals surface area contributed by atoms with Crippen LogP contribution >= 0.6 is 0 Å². The molecule has 1 saturated carbocycles. The Kier molecular flexibility index (Phi) is 4.47. The SMILES string of the molecule is NC[C@H]1CCC[C@H]1NS(=O)(=O)c1cnn(-c2ccccc2F)c1. The van der Waals surface area contributed by atoms with E-state index in [4.69, 9.17) is 5.73 Å². The molecule has 1 aliphatic rings. The van der Waals surface area contributed by atoms with Crippen molar-refractivity contribution in [3.8, 4) is 5.69 Å². The van der Waals surface area contributed by atoms with E-state index in [1.807, 2.05) is 0 Å². The lowest BCUT2D eigenvalue weighted by molar-refractivity contribution is 0.453. The molecule has 0 spiro atoms. The van der Waals surface area contributed by atoms with Gasteiger partial charge in [-0.05, 0) is 37.4 Å². The first-order chi connectivity index (χ1) is 11.0. The molecule has 1 aromatic heterocycles. The van der Waals surface area contributed by atoms with Gasteiger partial charge in [-0.2, -0.15) is 5.10 Å². The van der Waals surface area contributed by atoms with Crippen molar-refractivity contribution in [1.29, 1.82) is 0 Å². The van der Waals surface area contributed by atoms with Gasteiger partial charge < -0.3 is 5.73 Å². The first-order valence-electron chi connectivity index (χ1n) is 7.53. The molecule has 2 aromatic rings. The fourth-order valence-electron chi connectivity index (χ4n) is 2.96. The van der Waals surface area contributed by atoms with E-state index in [9.17, 15) is 12.8 Å². The van der Waals surface area contributed by atoms with Gasteiger partial charge in [0, 0.05) is 6.04 Å². The summed E-state index contributed by atoms with van der Waals surface area (Å²) in [6, 6.07) is 5.91. The maximum Gasteiger partial charge on any atom is 0.243 e. The predicted octanol–water partition coefficient (Wildman–Crippen LogP) is 1.42. The minimum absolute atomic E-state index is 0.0171. The molecular formula is C15H19FN4O2S. The van der Waals surface area contributed by atoms with Crippen LogP contribution in [0.1, 0.15) is 19.3 Å². The van der Waals surface area contributed by atoms with Crippen molar-refractivity contribution in [3.05, 3.63) is 42.5 Å². The van der Waals surface area contributed by atoms with Gasteiger partial charge in [-0.25, -0.2) is 22.2 Å². The number of hydrogen-bond donors (Lipinski definition) is 2. The monoisotopic (exact) mass is 338 g/mol. The lowest BCUT2D eigenvalue weighted by Gasteiger charge is -2.18. The summed E-state index contributed by atoms with van der Waals surface area (Å²) in [5.74, 6) is -0.308. The van der Waals surface area contributed by atoms with Gasteiger partial charge in [-0.1, -0.05) is 18.6 Å². The molecule has 0 bridgehead atoms. The minimum Gasteiger partial charge on any atom is -0.330 e. The Balaban J connectivity index is 1.83. The Morgan fingerprint density at radius 2 is 2.13 bits per heavy atom. The van der Waals surface area contributed by atoms with Crippen LogP contribution in [-0.4, -0.2) is 30.8 Å². The molecule has 3 rings (SSSR count). The van der Waals surface area contributed by atoms with Crippen LogP contribution in [0, 0.1) is 11.7 Å². The number of rotatable bonds is 5. The van der Waals surface area contributed by atoms with Crippen LogP contribution in [0.5, 0.6) is 0 Å². The van der Waals surface area contributed by atoms with Crippen molar-refractivity contribution in [2.45, 2.75) is 30.2 Å². The maximum absolute atomic E-state index is 13.8. The van der Waals surface area contributed by atoms with Crippen molar-refractivity contribution < 1.29 is 12.8 Å². The van der Waals surface area contributed by atoms with E-state index in [1.54, 1.807) is 12.1 Å². The number of sulfonamides is 1. The normalized spacial score (nSPS) is 21.7. The van der Waals surface area contributed by atoms with Crippen LogP contribution in [0.25, 0.3) is 5.69 Å². The Labute approximate surface area is 134 Å². The van der Waals surface area contributed by atoms with Crippen molar-refractivity contribution in [3.63, 3.8) is 0 Å². The molecule has 0 radical (unpaired) electrons. The highest BCUT2D eigenvalue weighted by Crippen LogP contribution is 2.26. The molecule has 3 N–H and O–H groups in total. The zero-order valence-electron chi connectivity index (χ0n) is 12.5. The molecule has 1 fully saturated rings. The van der Waals surface area contributed by atoms with Gasteiger partial charge in [0.2, 0.25) is 10.0 Å². The number of halogens is 1. The predicted molar refractivity (Wildman–Crippen MR) is 84.0 cm³/mol. The summed E-state index contributed by atoms with van der Waals surface area (Å²) < 4.78 is 42.6. The quantitative estimate of drug-likeness (QED) is 0.863. The highest BCUT2D eigenvalue weighted by Gasteiger charge is 2.31. The number of nitrogens with two attached hydrogens (primary N) is 1. The number of nitrogens with zero attached hydrogens (tertiary/aromatic N) is 2. The Morgan fingerprint density at radius 1 is 1.35 bits per heavy atom. The molecule has 6 nitrogen and oxygen atoms in total. The summed E-state index contributed by atoms with van der Waals surface area (Å²) in [6.07, 6.45) is 5.21. The topological polar surface area (TPSA) is 90.0 Å². The molecule has 0 unspecified atom stereocenters. The van der Waals surface area contributed by atoms with Crippen molar-refractivity contribution in [2.75, 3.05) is 6.54 Å². The van der Waals surface area contributed by atoms with Crippen LogP contribution in [0.2, 0.25) is 0 Å². The fraction of sp³-hybridized carbons (Fsp3) is 0.400. The molecule has 2 atom stereocenters. The molecule has 0 amide bonds. The molecule has 1 heterocycles. The molecular weight excluding hydrogens is 319 g/mol. The molecule has 23 heavy (non-hydrogen) atoms. The number of aromatic nitrogens is 2. The highest BCUT2D eigenvalue weighted by molar-refractivity contribution is 7.89.